The van der Waals surface area contributed by atoms with Crippen LogP contribution in [0.4, 0.5) is 0 Å². The highest BCUT2D eigenvalue weighted by Crippen LogP contribution is 2.06. The second-order valence-electron chi connectivity index (χ2n) is 5.32. The molecule has 1 aliphatic rings. The second-order valence-corrected chi connectivity index (χ2v) is 5.32. The number of carbonyl (C=O) groups is 1. The molecule has 0 radical (unpaired) electrons. The third-order valence-electron chi connectivity index (χ3n) is 3.59. The van der Waals surface area contributed by atoms with Crippen molar-refractivity contribution in [1.82, 2.24) is 10.2 Å². The van der Waals surface area contributed by atoms with Gasteiger partial charge in [0.1, 0.15) is 6.04 Å². The van der Waals surface area contributed by atoms with Crippen LogP contribution in [0.3, 0.4) is 0 Å². The first kappa shape index (κ1) is 16.4. The summed E-state index contributed by atoms with van der Waals surface area (Å²) in [6, 6.07) is -0.128. The van der Waals surface area contributed by atoms with E-state index in [0.717, 1.165) is 39.1 Å². The standard InChI is InChI=1S/C15H30N2O2/c1-3-5-7-10-17(11-8-6-4-2)15(18)14-13-19-12-9-16-14/h14,16H,3-13H2,1-2H3. The molecule has 0 aromatic carbocycles. The van der Waals surface area contributed by atoms with E-state index in [9.17, 15) is 4.79 Å². The van der Waals surface area contributed by atoms with Gasteiger partial charge in [-0.05, 0) is 12.8 Å². The molecule has 1 N–H and O–H groups in total. The summed E-state index contributed by atoms with van der Waals surface area (Å²) in [6.07, 6.45) is 7.02. The van der Waals surface area contributed by atoms with Crippen molar-refractivity contribution in [2.45, 2.75) is 58.4 Å². The maximum absolute atomic E-state index is 12.5. The Bertz CT molecular complexity index is 230. The molecule has 112 valence electrons. The van der Waals surface area contributed by atoms with E-state index in [1.165, 1.54) is 25.7 Å². The van der Waals surface area contributed by atoms with E-state index in [-0.39, 0.29) is 11.9 Å². The second kappa shape index (κ2) is 10.2. The Labute approximate surface area is 117 Å². The normalized spacial score (nSPS) is 19.4. The lowest BCUT2D eigenvalue weighted by Crippen LogP contribution is -2.53. The zero-order chi connectivity index (χ0) is 13.9. The SMILES string of the molecule is CCCCCN(CCCCC)C(=O)C1COCCN1. The Morgan fingerprint density at radius 1 is 1.16 bits per heavy atom. The fraction of sp³-hybridized carbons (Fsp3) is 0.933. The van der Waals surface area contributed by atoms with Crippen molar-refractivity contribution in [3.05, 3.63) is 0 Å². The van der Waals surface area contributed by atoms with Crippen molar-refractivity contribution in [2.24, 2.45) is 0 Å². The lowest BCUT2D eigenvalue weighted by Gasteiger charge is -2.30. The van der Waals surface area contributed by atoms with Crippen LogP contribution in [0.25, 0.3) is 0 Å². The van der Waals surface area contributed by atoms with E-state index in [0.29, 0.717) is 6.61 Å². The molecule has 1 saturated heterocycles. The number of ether oxygens (including phenoxy) is 1. The van der Waals surface area contributed by atoms with Gasteiger partial charge in [-0.25, -0.2) is 0 Å². The Morgan fingerprint density at radius 3 is 2.26 bits per heavy atom. The minimum atomic E-state index is -0.128. The number of nitrogens with one attached hydrogen (secondary N) is 1. The van der Waals surface area contributed by atoms with Crippen molar-refractivity contribution in [2.75, 3.05) is 32.8 Å². The number of nitrogens with zero attached hydrogens (tertiary/aromatic N) is 1. The number of hydrogen-bond donors (Lipinski definition) is 1. The van der Waals surface area contributed by atoms with Crippen molar-refractivity contribution in [3.8, 4) is 0 Å². The Hall–Kier alpha value is -0.610. The molecule has 1 amide bonds. The summed E-state index contributed by atoms with van der Waals surface area (Å²) in [5, 5.41) is 3.26. The van der Waals surface area contributed by atoms with Crippen LogP contribution in [0, 0.1) is 0 Å². The smallest absolute Gasteiger partial charge is 0.242 e. The van der Waals surface area contributed by atoms with Gasteiger partial charge < -0.3 is 15.0 Å². The molecule has 0 saturated carbocycles. The van der Waals surface area contributed by atoms with Gasteiger partial charge in [-0.1, -0.05) is 39.5 Å². The maximum atomic E-state index is 12.5. The van der Waals surface area contributed by atoms with Crippen LogP contribution in [0.1, 0.15) is 52.4 Å². The minimum Gasteiger partial charge on any atom is -0.378 e. The van der Waals surface area contributed by atoms with Gasteiger partial charge in [0, 0.05) is 19.6 Å². The summed E-state index contributed by atoms with van der Waals surface area (Å²) in [7, 11) is 0. The zero-order valence-corrected chi connectivity index (χ0v) is 12.6. The molecular formula is C15H30N2O2. The van der Waals surface area contributed by atoms with Gasteiger partial charge >= 0.3 is 0 Å². The van der Waals surface area contributed by atoms with E-state index in [2.05, 4.69) is 19.2 Å². The summed E-state index contributed by atoms with van der Waals surface area (Å²) in [4.78, 5) is 14.5. The van der Waals surface area contributed by atoms with E-state index in [1.807, 2.05) is 4.90 Å². The number of carbonyl (C=O) groups excluding carboxylic acids is 1. The summed E-state index contributed by atoms with van der Waals surface area (Å²) in [6.45, 7) is 8.21. The van der Waals surface area contributed by atoms with Crippen LogP contribution in [0.2, 0.25) is 0 Å². The molecule has 0 aromatic heterocycles. The average Bonchev–Trinajstić information content (AvgIpc) is 2.46. The largest absolute Gasteiger partial charge is 0.378 e. The summed E-state index contributed by atoms with van der Waals surface area (Å²) >= 11 is 0. The van der Waals surface area contributed by atoms with Crippen LogP contribution >= 0.6 is 0 Å². The summed E-state index contributed by atoms with van der Waals surface area (Å²) in [5.41, 5.74) is 0. The monoisotopic (exact) mass is 270 g/mol. The highest BCUT2D eigenvalue weighted by molar-refractivity contribution is 5.82. The van der Waals surface area contributed by atoms with Gasteiger partial charge in [-0.15, -0.1) is 0 Å². The van der Waals surface area contributed by atoms with Crippen LogP contribution in [-0.4, -0.2) is 49.7 Å². The fourth-order valence-electron chi connectivity index (χ4n) is 2.38. The maximum Gasteiger partial charge on any atom is 0.242 e. The Kier molecular flexibility index (Phi) is 8.84. The van der Waals surface area contributed by atoms with Gasteiger partial charge in [0.2, 0.25) is 5.91 Å². The molecule has 1 heterocycles. The van der Waals surface area contributed by atoms with E-state index in [4.69, 9.17) is 4.74 Å². The molecule has 19 heavy (non-hydrogen) atoms. The summed E-state index contributed by atoms with van der Waals surface area (Å²) < 4.78 is 5.39. The van der Waals surface area contributed by atoms with Crippen molar-refractivity contribution < 1.29 is 9.53 Å². The van der Waals surface area contributed by atoms with Crippen LogP contribution in [-0.2, 0) is 9.53 Å². The number of unbranched alkanes of at least 4 members (excludes halogenated alkanes) is 4. The number of amides is 1. The first-order valence-electron chi connectivity index (χ1n) is 7.89. The third-order valence-corrected chi connectivity index (χ3v) is 3.59. The number of hydrogen-bond acceptors (Lipinski definition) is 3. The molecule has 4 nitrogen and oxygen atoms in total. The molecule has 1 fully saturated rings. The Morgan fingerprint density at radius 2 is 1.79 bits per heavy atom. The molecule has 1 aliphatic heterocycles. The lowest BCUT2D eigenvalue weighted by atomic mass is 10.1. The topological polar surface area (TPSA) is 41.6 Å². The Balaban J connectivity index is 2.41. The van der Waals surface area contributed by atoms with Crippen LogP contribution < -0.4 is 5.32 Å². The first-order valence-corrected chi connectivity index (χ1v) is 7.89. The van der Waals surface area contributed by atoms with Crippen LogP contribution in [0.15, 0.2) is 0 Å². The predicted octanol–water partition coefficient (Wildman–Crippen LogP) is 2.18. The molecule has 0 aromatic rings. The zero-order valence-electron chi connectivity index (χ0n) is 12.6. The van der Waals surface area contributed by atoms with E-state index >= 15 is 0 Å². The van der Waals surface area contributed by atoms with Crippen molar-refractivity contribution in [3.63, 3.8) is 0 Å². The molecule has 1 atom stereocenters. The number of rotatable bonds is 9. The van der Waals surface area contributed by atoms with Gasteiger partial charge in [0.05, 0.1) is 13.2 Å². The molecule has 0 spiro atoms. The molecule has 0 bridgehead atoms. The molecule has 1 rings (SSSR count). The summed E-state index contributed by atoms with van der Waals surface area (Å²) in [5.74, 6) is 0.229. The lowest BCUT2D eigenvalue weighted by molar-refractivity contribution is -0.136. The third kappa shape index (κ3) is 6.39. The number of morpholine rings is 1. The quantitative estimate of drug-likeness (QED) is 0.653. The minimum absolute atomic E-state index is 0.128. The molecule has 0 aliphatic carbocycles. The fourth-order valence-corrected chi connectivity index (χ4v) is 2.38. The predicted molar refractivity (Wildman–Crippen MR) is 78.2 cm³/mol. The van der Waals surface area contributed by atoms with E-state index in [1.54, 1.807) is 0 Å². The molecule has 1 unspecified atom stereocenters. The van der Waals surface area contributed by atoms with Gasteiger partial charge in [0.15, 0.2) is 0 Å². The molecule has 4 heteroatoms. The van der Waals surface area contributed by atoms with Gasteiger partial charge in [0.25, 0.3) is 0 Å². The highest BCUT2D eigenvalue weighted by Gasteiger charge is 2.25. The first-order chi connectivity index (χ1) is 9.29. The molecular weight excluding hydrogens is 240 g/mol. The van der Waals surface area contributed by atoms with Gasteiger partial charge in [-0.2, -0.15) is 0 Å². The van der Waals surface area contributed by atoms with Crippen LogP contribution in [0.5, 0.6) is 0 Å². The van der Waals surface area contributed by atoms with Crippen molar-refractivity contribution in [1.29, 1.82) is 0 Å². The average molecular weight is 270 g/mol. The van der Waals surface area contributed by atoms with Gasteiger partial charge in [-0.3, -0.25) is 4.79 Å². The highest BCUT2D eigenvalue weighted by atomic mass is 16.5. The van der Waals surface area contributed by atoms with Crippen molar-refractivity contribution >= 4 is 5.91 Å². The van der Waals surface area contributed by atoms with E-state index < -0.39 is 0 Å².